The summed E-state index contributed by atoms with van der Waals surface area (Å²) in [6.07, 6.45) is 0. The highest BCUT2D eigenvalue weighted by Gasteiger charge is 2.24. The molecule has 2 aromatic carbocycles. The van der Waals surface area contributed by atoms with Crippen molar-refractivity contribution in [3.8, 4) is 0 Å². The van der Waals surface area contributed by atoms with E-state index in [0.717, 1.165) is 10.8 Å². The van der Waals surface area contributed by atoms with Gasteiger partial charge in [0, 0.05) is 13.1 Å². The van der Waals surface area contributed by atoms with Gasteiger partial charge in [-0.05, 0) is 34.4 Å². The van der Waals surface area contributed by atoms with E-state index in [1.165, 1.54) is 11.3 Å². The number of hydrogen-bond donors (Lipinski definition) is 1. The van der Waals surface area contributed by atoms with Crippen LogP contribution in [-0.4, -0.2) is 45.5 Å². The molecule has 1 saturated heterocycles. The molecule has 0 unspecified atom stereocenters. The number of nitrogens with zero attached hydrogens (tertiary/aromatic N) is 1. The van der Waals surface area contributed by atoms with Crippen LogP contribution >= 0.6 is 11.3 Å². The van der Waals surface area contributed by atoms with Gasteiger partial charge in [-0.15, -0.1) is 11.3 Å². The fraction of sp³-hybridized carbons (Fsp3) is 0.211. The molecule has 8 heteroatoms. The number of nitrogens with one attached hydrogen (secondary N) is 1. The van der Waals surface area contributed by atoms with Gasteiger partial charge >= 0.3 is 0 Å². The zero-order valence-corrected chi connectivity index (χ0v) is 16.1. The monoisotopic (exact) mass is 402 g/mol. The molecular weight excluding hydrogens is 384 g/mol. The fourth-order valence-corrected chi connectivity index (χ4v) is 5.15. The zero-order chi connectivity index (χ0) is 18.9. The molecule has 1 amide bonds. The van der Waals surface area contributed by atoms with Gasteiger partial charge in [0.05, 0.1) is 23.7 Å². The summed E-state index contributed by atoms with van der Waals surface area (Å²) in [6.45, 7) is 2.00. The van der Waals surface area contributed by atoms with Crippen LogP contribution in [0.2, 0.25) is 0 Å². The molecule has 0 saturated carbocycles. The molecule has 2 heterocycles. The Kier molecular flexibility index (Phi) is 4.86. The Hall–Kier alpha value is -2.42. The molecular formula is C19H18N2O4S2. The summed E-state index contributed by atoms with van der Waals surface area (Å²) in [4.78, 5) is 14.6. The lowest BCUT2D eigenvalue weighted by atomic mass is 10.1. The van der Waals surface area contributed by atoms with Crippen molar-refractivity contribution < 1.29 is 17.9 Å². The van der Waals surface area contributed by atoms with Crippen LogP contribution < -0.4 is 4.72 Å². The number of benzene rings is 2. The number of thiophene rings is 1. The van der Waals surface area contributed by atoms with Crippen molar-refractivity contribution in [3.63, 3.8) is 0 Å². The van der Waals surface area contributed by atoms with Crippen LogP contribution in [-0.2, 0) is 14.8 Å². The third-order valence-electron chi connectivity index (χ3n) is 4.45. The molecule has 0 aliphatic carbocycles. The van der Waals surface area contributed by atoms with Crippen LogP contribution in [0.1, 0.15) is 10.4 Å². The molecule has 27 heavy (non-hydrogen) atoms. The van der Waals surface area contributed by atoms with Crippen molar-refractivity contribution in [2.24, 2.45) is 0 Å². The minimum Gasteiger partial charge on any atom is -0.378 e. The number of anilines is 1. The SMILES string of the molecule is O=C(c1ccsc1NS(=O)(=O)c1ccc2ccccc2c1)N1CCOCC1. The van der Waals surface area contributed by atoms with E-state index >= 15 is 0 Å². The zero-order valence-electron chi connectivity index (χ0n) is 14.4. The number of morpholine rings is 1. The lowest BCUT2D eigenvalue weighted by molar-refractivity contribution is 0.0304. The number of carbonyl (C=O) groups excluding carboxylic acids is 1. The van der Waals surface area contributed by atoms with Crippen LogP contribution in [0, 0.1) is 0 Å². The van der Waals surface area contributed by atoms with Gasteiger partial charge in [-0.1, -0.05) is 30.3 Å². The van der Waals surface area contributed by atoms with E-state index in [4.69, 9.17) is 4.74 Å². The predicted molar refractivity (Wildman–Crippen MR) is 106 cm³/mol. The van der Waals surface area contributed by atoms with E-state index in [1.54, 1.807) is 34.5 Å². The minimum atomic E-state index is -3.80. The number of sulfonamides is 1. The summed E-state index contributed by atoms with van der Waals surface area (Å²) in [7, 11) is -3.80. The fourth-order valence-electron chi connectivity index (χ4n) is 3.01. The Morgan fingerprint density at radius 2 is 1.78 bits per heavy atom. The summed E-state index contributed by atoms with van der Waals surface area (Å²) in [5.74, 6) is -0.184. The van der Waals surface area contributed by atoms with Gasteiger partial charge in [0.15, 0.2) is 0 Å². The molecule has 6 nitrogen and oxygen atoms in total. The Morgan fingerprint density at radius 3 is 2.56 bits per heavy atom. The number of hydrogen-bond acceptors (Lipinski definition) is 5. The van der Waals surface area contributed by atoms with E-state index in [2.05, 4.69) is 4.72 Å². The first-order chi connectivity index (χ1) is 13.0. The number of amides is 1. The van der Waals surface area contributed by atoms with E-state index < -0.39 is 10.0 Å². The minimum absolute atomic E-state index is 0.166. The molecule has 1 aliphatic rings. The summed E-state index contributed by atoms with van der Waals surface area (Å²) in [5, 5.41) is 3.86. The number of carbonyl (C=O) groups is 1. The Morgan fingerprint density at radius 1 is 1.04 bits per heavy atom. The summed E-state index contributed by atoms with van der Waals surface area (Å²) in [6, 6.07) is 14.2. The van der Waals surface area contributed by atoms with E-state index in [9.17, 15) is 13.2 Å². The molecule has 1 N–H and O–H groups in total. The largest absolute Gasteiger partial charge is 0.378 e. The van der Waals surface area contributed by atoms with Gasteiger partial charge in [0.2, 0.25) is 0 Å². The first kappa shape index (κ1) is 18.0. The third kappa shape index (κ3) is 3.69. The van der Waals surface area contributed by atoms with Gasteiger partial charge in [-0.25, -0.2) is 8.42 Å². The van der Waals surface area contributed by atoms with Crippen molar-refractivity contribution >= 4 is 43.0 Å². The molecule has 4 rings (SSSR count). The normalized spacial score (nSPS) is 15.0. The summed E-state index contributed by atoms with van der Waals surface area (Å²) in [5.41, 5.74) is 0.367. The van der Waals surface area contributed by atoms with Gasteiger partial charge in [0.1, 0.15) is 5.00 Å². The molecule has 3 aromatic rings. The van der Waals surface area contributed by atoms with Crippen molar-refractivity contribution in [1.29, 1.82) is 0 Å². The topological polar surface area (TPSA) is 75.7 Å². The van der Waals surface area contributed by atoms with Gasteiger partial charge in [-0.2, -0.15) is 0 Å². The molecule has 0 atom stereocenters. The lowest BCUT2D eigenvalue weighted by Crippen LogP contribution is -2.40. The maximum Gasteiger partial charge on any atom is 0.262 e. The molecule has 0 radical (unpaired) electrons. The maximum atomic E-state index is 12.8. The summed E-state index contributed by atoms with van der Waals surface area (Å²) < 4.78 is 33.5. The maximum absolute atomic E-state index is 12.8. The molecule has 1 fully saturated rings. The average molecular weight is 402 g/mol. The van der Waals surface area contributed by atoms with Crippen LogP contribution in [0.5, 0.6) is 0 Å². The van der Waals surface area contributed by atoms with Crippen molar-refractivity contribution in [2.45, 2.75) is 4.90 Å². The first-order valence-electron chi connectivity index (χ1n) is 8.51. The lowest BCUT2D eigenvalue weighted by Gasteiger charge is -2.26. The van der Waals surface area contributed by atoms with Gasteiger partial charge in [-0.3, -0.25) is 9.52 Å². The second kappa shape index (κ2) is 7.30. The highest BCUT2D eigenvalue weighted by molar-refractivity contribution is 7.93. The van der Waals surface area contributed by atoms with Crippen LogP contribution in [0.25, 0.3) is 10.8 Å². The quantitative estimate of drug-likeness (QED) is 0.727. The van der Waals surface area contributed by atoms with Crippen LogP contribution in [0.3, 0.4) is 0 Å². The number of ether oxygens (including phenoxy) is 1. The van der Waals surface area contributed by atoms with E-state index in [1.807, 2.05) is 24.3 Å². The number of rotatable bonds is 4. The second-order valence-corrected chi connectivity index (χ2v) is 8.78. The van der Waals surface area contributed by atoms with Crippen LogP contribution in [0.15, 0.2) is 58.8 Å². The Labute approximate surface area is 161 Å². The standard InChI is InChI=1S/C19H18N2O4S2/c22-19(21-8-10-25-11-9-21)17-7-12-26-18(17)20-27(23,24)16-6-5-14-3-1-2-4-15(14)13-16/h1-7,12-13,20H,8-11H2. The molecule has 1 aliphatic heterocycles. The van der Waals surface area contributed by atoms with E-state index in [0.29, 0.717) is 36.9 Å². The average Bonchev–Trinajstić information content (AvgIpc) is 3.15. The second-order valence-electron chi connectivity index (χ2n) is 6.18. The molecule has 140 valence electrons. The number of fused-ring (bicyclic) bond motifs is 1. The van der Waals surface area contributed by atoms with Gasteiger partial charge in [0.25, 0.3) is 15.9 Å². The van der Waals surface area contributed by atoms with Crippen LogP contribution in [0.4, 0.5) is 5.00 Å². The predicted octanol–water partition coefficient (Wildman–Crippen LogP) is 3.17. The van der Waals surface area contributed by atoms with Crippen molar-refractivity contribution in [3.05, 3.63) is 59.5 Å². The molecule has 1 aromatic heterocycles. The summed E-state index contributed by atoms with van der Waals surface area (Å²) >= 11 is 1.20. The smallest absolute Gasteiger partial charge is 0.262 e. The van der Waals surface area contributed by atoms with Crippen molar-refractivity contribution in [2.75, 3.05) is 31.0 Å². The molecule has 0 spiro atoms. The molecule has 0 bridgehead atoms. The highest BCUT2D eigenvalue weighted by Crippen LogP contribution is 2.28. The highest BCUT2D eigenvalue weighted by atomic mass is 32.2. The third-order valence-corrected chi connectivity index (χ3v) is 6.76. The Bertz CT molecular complexity index is 1090. The van der Waals surface area contributed by atoms with Gasteiger partial charge < -0.3 is 9.64 Å². The Balaban J connectivity index is 1.61. The van der Waals surface area contributed by atoms with Crippen molar-refractivity contribution in [1.82, 2.24) is 4.90 Å². The van der Waals surface area contributed by atoms with E-state index in [-0.39, 0.29) is 10.8 Å². The first-order valence-corrected chi connectivity index (χ1v) is 10.9.